The zero-order chi connectivity index (χ0) is 25.9. The first-order valence-corrected chi connectivity index (χ1v) is 13.2. The Morgan fingerprint density at radius 2 is 1.83 bits per heavy atom. The van der Waals surface area contributed by atoms with E-state index in [1.807, 2.05) is 24.3 Å². The van der Waals surface area contributed by atoms with E-state index in [0.717, 1.165) is 56.9 Å². The molecule has 9 nitrogen and oxygen atoms in total. The van der Waals surface area contributed by atoms with Gasteiger partial charge in [0.2, 0.25) is 0 Å². The Bertz CT molecular complexity index is 967. The lowest BCUT2D eigenvalue weighted by atomic mass is 9.87. The predicted octanol–water partition coefficient (Wildman–Crippen LogP) is 5.48. The van der Waals surface area contributed by atoms with Crippen LogP contribution in [0.4, 0.5) is 4.79 Å². The van der Waals surface area contributed by atoms with Crippen LogP contribution in [-0.2, 0) is 23.2 Å². The second-order valence-corrected chi connectivity index (χ2v) is 9.68. The van der Waals surface area contributed by atoms with Crippen LogP contribution in [0.2, 0.25) is 0 Å². The van der Waals surface area contributed by atoms with Crippen molar-refractivity contribution < 1.29 is 24.2 Å². The Morgan fingerprint density at radius 1 is 1.14 bits per heavy atom. The van der Waals surface area contributed by atoms with Crippen LogP contribution in [0.25, 0.3) is 11.3 Å². The van der Waals surface area contributed by atoms with Crippen LogP contribution in [0.1, 0.15) is 83.7 Å². The zero-order valence-corrected chi connectivity index (χ0v) is 21.7. The third kappa shape index (κ3) is 7.96. The van der Waals surface area contributed by atoms with Gasteiger partial charge in [-0.3, -0.25) is 4.79 Å². The van der Waals surface area contributed by atoms with E-state index in [4.69, 9.17) is 9.47 Å². The molecule has 1 heterocycles. The Balaban J connectivity index is 1.58. The topological polar surface area (TPSA) is 116 Å². The maximum atomic E-state index is 12.5. The molecule has 0 aliphatic heterocycles. The molecule has 2 N–H and O–H groups in total. The van der Waals surface area contributed by atoms with Crippen molar-refractivity contribution in [2.24, 2.45) is 13.0 Å². The number of ether oxygens (including phenoxy) is 2. The fourth-order valence-corrected chi connectivity index (χ4v) is 4.65. The van der Waals surface area contributed by atoms with Gasteiger partial charge in [0.05, 0.1) is 12.0 Å². The first-order valence-electron chi connectivity index (χ1n) is 13.2. The molecule has 1 aromatic heterocycles. The monoisotopic (exact) mass is 500 g/mol. The molecule has 3 rings (SSSR count). The van der Waals surface area contributed by atoms with Crippen molar-refractivity contribution in [2.75, 3.05) is 0 Å². The molecular weight excluding hydrogens is 460 g/mol. The van der Waals surface area contributed by atoms with Gasteiger partial charge in [-0.1, -0.05) is 44.7 Å². The standard InChI is InChI=1S/C27H40N4O5/c1-4-6-10-21(11-7-5-2)28-27(34)35-18-24-25(29-30-31(24)3)19-13-15-22(16-14-19)36-23-12-8-9-20(17-23)26(32)33/h13-16,20-21,23H,4-12,17-18H2,1-3H3,(H,28,34)(H,32,33)/t20-,23-/m0/s1. The quantitative estimate of drug-likeness (QED) is 0.374. The van der Waals surface area contributed by atoms with E-state index >= 15 is 0 Å². The first-order chi connectivity index (χ1) is 17.4. The normalized spacial score (nSPS) is 17.7. The summed E-state index contributed by atoms with van der Waals surface area (Å²) in [6.07, 6.45) is 8.68. The molecule has 0 saturated heterocycles. The Kier molecular flexibility index (Phi) is 10.6. The number of amides is 1. The van der Waals surface area contributed by atoms with Crippen LogP contribution in [0.5, 0.6) is 5.75 Å². The second kappa shape index (κ2) is 13.8. The van der Waals surface area contributed by atoms with Gasteiger partial charge in [-0.05, 0) is 62.8 Å². The average molecular weight is 501 g/mol. The number of hydrogen-bond donors (Lipinski definition) is 2. The number of alkyl carbamates (subject to hydrolysis) is 1. The summed E-state index contributed by atoms with van der Waals surface area (Å²) in [5.74, 6) is -0.390. The maximum absolute atomic E-state index is 12.5. The number of aliphatic carboxylic acids is 1. The van der Waals surface area contributed by atoms with Crippen LogP contribution in [0.15, 0.2) is 24.3 Å². The summed E-state index contributed by atoms with van der Waals surface area (Å²) in [5.41, 5.74) is 2.19. The van der Waals surface area contributed by atoms with E-state index in [-0.39, 0.29) is 24.7 Å². The lowest BCUT2D eigenvalue weighted by Crippen LogP contribution is -2.35. The van der Waals surface area contributed by atoms with Gasteiger partial charge >= 0.3 is 12.1 Å². The van der Waals surface area contributed by atoms with Gasteiger partial charge in [0.25, 0.3) is 0 Å². The van der Waals surface area contributed by atoms with Crippen LogP contribution in [0, 0.1) is 5.92 Å². The molecule has 1 saturated carbocycles. The molecule has 1 aliphatic carbocycles. The minimum absolute atomic E-state index is 0.0653. The van der Waals surface area contributed by atoms with Crippen LogP contribution in [-0.4, -0.2) is 44.3 Å². The smallest absolute Gasteiger partial charge is 0.407 e. The molecule has 36 heavy (non-hydrogen) atoms. The van der Waals surface area contributed by atoms with Crippen LogP contribution >= 0.6 is 0 Å². The van der Waals surface area contributed by atoms with E-state index in [1.165, 1.54) is 0 Å². The molecule has 0 bridgehead atoms. The summed E-state index contributed by atoms with van der Waals surface area (Å²) in [4.78, 5) is 23.8. The number of nitrogens with zero attached hydrogens (tertiary/aromatic N) is 3. The van der Waals surface area contributed by atoms with E-state index < -0.39 is 12.1 Å². The number of carbonyl (C=O) groups is 2. The van der Waals surface area contributed by atoms with Crippen molar-refractivity contribution in [1.82, 2.24) is 20.3 Å². The summed E-state index contributed by atoms with van der Waals surface area (Å²) >= 11 is 0. The Morgan fingerprint density at radius 3 is 2.47 bits per heavy atom. The van der Waals surface area contributed by atoms with Gasteiger partial charge in [-0.15, -0.1) is 5.10 Å². The number of benzene rings is 1. The Labute approximate surface area is 213 Å². The molecule has 1 amide bonds. The van der Waals surface area contributed by atoms with Gasteiger partial charge in [0, 0.05) is 18.7 Å². The lowest BCUT2D eigenvalue weighted by Gasteiger charge is -2.27. The average Bonchev–Trinajstić information content (AvgIpc) is 3.25. The molecular formula is C27H40N4O5. The van der Waals surface area contributed by atoms with Crippen molar-refractivity contribution in [3.05, 3.63) is 30.0 Å². The van der Waals surface area contributed by atoms with E-state index in [1.54, 1.807) is 11.7 Å². The van der Waals surface area contributed by atoms with Crippen molar-refractivity contribution in [2.45, 2.75) is 96.8 Å². The van der Waals surface area contributed by atoms with Crippen molar-refractivity contribution >= 4 is 12.1 Å². The molecule has 0 spiro atoms. The van der Waals surface area contributed by atoms with E-state index in [9.17, 15) is 14.7 Å². The second-order valence-electron chi connectivity index (χ2n) is 9.68. The van der Waals surface area contributed by atoms with Crippen LogP contribution < -0.4 is 10.1 Å². The van der Waals surface area contributed by atoms with Crippen molar-refractivity contribution in [1.29, 1.82) is 0 Å². The highest BCUT2D eigenvalue weighted by atomic mass is 16.5. The third-order valence-electron chi connectivity index (χ3n) is 6.82. The first kappa shape index (κ1) is 27.5. The lowest BCUT2D eigenvalue weighted by molar-refractivity contribution is -0.143. The number of unbranched alkanes of at least 4 members (excludes halogenated alkanes) is 2. The molecule has 0 radical (unpaired) electrons. The predicted molar refractivity (Wildman–Crippen MR) is 137 cm³/mol. The summed E-state index contributed by atoms with van der Waals surface area (Å²) < 4.78 is 13.2. The highest BCUT2D eigenvalue weighted by Crippen LogP contribution is 2.29. The van der Waals surface area contributed by atoms with Crippen molar-refractivity contribution in [3.8, 4) is 17.0 Å². The number of carboxylic acids is 1. The number of carbonyl (C=O) groups excluding carboxylic acids is 1. The number of aryl methyl sites for hydroxylation is 1. The van der Waals surface area contributed by atoms with Crippen molar-refractivity contribution in [3.63, 3.8) is 0 Å². The summed E-state index contributed by atoms with van der Waals surface area (Å²) in [6.45, 7) is 4.36. The molecule has 1 aromatic carbocycles. The van der Waals surface area contributed by atoms with Gasteiger partial charge in [-0.25, -0.2) is 9.48 Å². The SMILES string of the molecule is CCCCC(CCCC)NC(=O)OCc1c(-c2ccc(O[C@H]3CCC[C@H](C(=O)O)C3)cc2)nnn1C. The molecule has 2 aromatic rings. The molecule has 1 fully saturated rings. The number of hydrogen-bond acceptors (Lipinski definition) is 6. The molecule has 1 aliphatic rings. The fraction of sp³-hybridized carbons (Fsp3) is 0.630. The van der Waals surface area contributed by atoms with E-state index in [0.29, 0.717) is 30.0 Å². The minimum atomic E-state index is -0.748. The van der Waals surface area contributed by atoms with Crippen LogP contribution in [0.3, 0.4) is 0 Å². The molecule has 9 heteroatoms. The molecule has 2 atom stereocenters. The number of nitrogens with one attached hydrogen (secondary N) is 1. The highest BCUT2D eigenvalue weighted by molar-refractivity contribution is 5.70. The minimum Gasteiger partial charge on any atom is -0.490 e. The van der Waals surface area contributed by atoms with Gasteiger partial charge in [-0.2, -0.15) is 0 Å². The highest BCUT2D eigenvalue weighted by Gasteiger charge is 2.28. The Hall–Kier alpha value is -3.10. The summed E-state index contributed by atoms with van der Waals surface area (Å²) in [7, 11) is 1.78. The number of carboxylic acid groups (broad SMARTS) is 1. The summed E-state index contributed by atoms with van der Waals surface area (Å²) in [5, 5.41) is 20.7. The van der Waals surface area contributed by atoms with E-state index in [2.05, 4.69) is 29.5 Å². The zero-order valence-electron chi connectivity index (χ0n) is 21.7. The summed E-state index contributed by atoms with van der Waals surface area (Å²) in [6, 6.07) is 7.64. The number of aromatic nitrogens is 3. The van der Waals surface area contributed by atoms with Gasteiger partial charge in [0.1, 0.15) is 23.7 Å². The molecule has 198 valence electrons. The fourth-order valence-electron chi connectivity index (χ4n) is 4.65. The largest absolute Gasteiger partial charge is 0.490 e. The maximum Gasteiger partial charge on any atom is 0.407 e. The van der Waals surface area contributed by atoms with Gasteiger partial charge in [0.15, 0.2) is 0 Å². The van der Waals surface area contributed by atoms with Gasteiger partial charge < -0.3 is 19.9 Å². The molecule has 0 unspecified atom stereocenters. The third-order valence-corrected chi connectivity index (χ3v) is 6.82. The number of rotatable bonds is 13.